The Balaban J connectivity index is 1.45. The fraction of sp³-hybridized carbons (Fsp3) is 0.400. The molecular weight excluding hydrogens is 438 g/mol. The molecule has 34 heavy (non-hydrogen) atoms. The molecule has 1 unspecified atom stereocenters. The number of carboxylic acid groups (broad SMARTS) is 1. The first kappa shape index (κ1) is 23.7. The van der Waals surface area contributed by atoms with Gasteiger partial charge >= 0.3 is 12.1 Å². The maximum absolute atomic E-state index is 13.1. The average molecular weight is 468 g/mol. The molecule has 0 bridgehead atoms. The van der Waals surface area contributed by atoms with E-state index in [1.807, 2.05) is 48.5 Å². The molecule has 0 radical (unpaired) electrons. The summed E-state index contributed by atoms with van der Waals surface area (Å²) < 4.78 is 5.55. The summed E-state index contributed by atoms with van der Waals surface area (Å²) in [5.74, 6) is -1.87. The molecule has 0 spiro atoms. The molecule has 1 aliphatic heterocycles. The lowest BCUT2D eigenvalue weighted by molar-refractivity contribution is -0.149. The molecule has 2 aromatic carbocycles. The number of rotatable bonds is 7. The van der Waals surface area contributed by atoms with Gasteiger partial charge in [0.1, 0.15) is 18.7 Å². The molecule has 1 fully saturated rings. The molecule has 1 aliphatic carbocycles. The number of alkyl carbamates (subject to hydrolysis) is 1. The van der Waals surface area contributed by atoms with Gasteiger partial charge in [-0.15, -0.1) is 0 Å². The highest BCUT2D eigenvalue weighted by Crippen LogP contribution is 2.44. The first-order valence-corrected chi connectivity index (χ1v) is 11.2. The first-order chi connectivity index (χ1) is 16.3. The Morgan fingerprint density at radius 1 is 1.09 bits per heavy atom. The minimum Gasteiger partial charge on any atom is -0.480 e. The Morgan fingerprint density at radius 2 is 1.68 bits per heavy atom. The molecule has 2 aliphatic rings. The molecule has 2 amide bonds. The zero-order valence-electron chi connectivity index (χ0n) is 19.2. The number of aliphatic hydroxyl groups excluding tert-OH is 1. The molecule has 9 nitrogen and oxygen atoms in total. The minimum atomic E-state index is -1.19. The lowest BCUT2D eigenvalue weighted by Gasteiger charge is -2.28. The van der Waals surface area contributed by atoms with Crippen LogP contribution in [0.2, 0.25) is 0 Å². The first-order valence-electron chi connectivity index (χ1n) is 11.2. The van der Waals surface area contributed by atoms with Crippen LogP contribution in [-0.2, 0) is 14.3 Å². The molecule has 1 saturated heterocycles. The van der Waals surface area contributed by atoms with Gasteiger partial charge in [-0.25, -0.2) is 9.59 Å². The molecule has 3 atom stereocenters. The number of nitrogens with one attached hydrogen (secondary N) is 1. The maximum Gasteiger partial charge on any atom is 0.407 e. The molecular formula is C25H29N3O6. The molecule has 2 aromatic rings. The number of aliphatic carboxylic acids is 1. The quantitative estimate of drug-likeness (QED) is 0.565. The minimum absolute atomic E-state index is 0.0410. The van der Waals surface area contributed by atoms with Crippen molar-refractivity contribution in [3.8, 4) is 11.1 Å². The van der Waals surface area contributed by atoms with Gasteiger partial charge in [-0.2, -0.15) is 0 Å². The van der Waals surface area contributed by atoms with Crippen LogP contribution in [0.25, 0.3) is 11.1 Å². The van der Waals surface area contributed by atoms with Crippen molar-refractivity contribution in [3.05, 3.63) is 59.7 Å². The number of carbonyl (C=O) groups excluding carboxylic acids is 2. The zero-order valence-corrected chi connectivity index (χ0v) is 19.2. The van der Waals surface area contributed by atoms with Crippen molar-refractivity contribution in [3.63, 3.8) is 0 Å². The van der Waals surface area contributed by atoms with Crippen molar-refractivity contribution in [1.29, 1.82) is 0 Å². The van der Waals surface area contributed by atoms with Gasteiger partial charge in [0.2, 0.25) is 5.91 Å². The number of likely N-dealkylation sites (N-methyl/N-ethyl adjacent to an activating group) is 1. The van der Waals surface area contributed by atoms with Crippen LogP contribution in [0.1, 0.15) is 23.5 Å². The van der Waals surface area contributed by atoms with Gasteiger partial charge < -0.3 is 30.1 Å². The van der Waals surface area contributed by atoms with Crippen LogP contribution in [0.15, 0.2) is 48.5 Å². The summed E-state index contributed by atoms with van der Waals surface area (Å²) in [5.41, 5.74) is 4.38. The predicted octanol–water partition coefficient (Wildman–Crippen LogP) is 1.50. The van der Waals surface area contributed by atoms with Crippen molar-refractivity contribution in [2.75, 3.05) is 33.8 Å². The van der Waals surface area contributed by atoms with Gasteiger partial charge in [-0.3, -0.25) is 4.79 Å². The summed E-state index contributed by atoms with van der Waals surface area (Å²) in [6.07, 6.45) is -1.71. The lowest BCUT2D eigenvalue weighted by atomic mass is 9.98. The zero-order chi connectivity index (χ0) is 24.4. The number of benzene rings is 2. The van der Waals surface area contributed by atoms with Crippen LogP contribution in [0.4, 0.5) is 4.79 Å². The molecule has 0 saturated carbocycles. The second-order valence-electron chi connectivity index (χ2n) is 9.02. The van der Waals surface area contributed by atoms with Gasteiger partial charge in [-0.05, 0) is 36.3 Å². The second-order valence-corrected chi connectivity index (χ2v) is 9.02. The second kappa shape index (κ2) is 9.82. The van der Waals surface area contributed by atoms with Crippen LogP contribution >= 0.6 is 0 Å². The summed E-state index contributed by atoms with van der Waals surface area (Å²) in [6, 6.07) is 13.8. The summed E-state index contributed by atoms with van der Waals surface area (Å²) >= 11 is 0. The van der Waals surface area contributed by atoms with E-state index in [9.17, 15) is 24.6 Å². The van der Waals surface area contributed by atoms with Crippen molar-refractivity contribution >= 4 is 18.0 Å². The largest absolute Gasteiger partial charge is 0.480 e. The van der Waals surface area contributed by atoms with E-state index in [1.54, 1.807) is 19.0 Å². The van der Waals surface area contributed by atoms with E-state index in [-0.39, 0.29) is 32.0 Å². The normalized spacial score (nSPS) is 20.1. The smallest absolute Gasteiger partial charge is 0.407 e. The SMILES string of the molecule is CN(C)CC(NC(=O)OCC1c2ccccc2-c2ccccc21)C(=O)N1C[C@H](O)C[C@@H]1C(=O)O. The number of aliphatic hydroxyl groups is 1. The fourth-order valence-corrected chi connectivity index (χ4v) is 4.82. The Labute approximate surface area is 197 Å². The number of fused-ring (bicyclic) bond motifs is 3. The van der Waals surface area contributed by atoms with Gasteiger partial charge in [0, 0.05) is 25.4 Å². The van der Waals surface area contributed by atoms with Gasteiger partial charge in [0.15, 0.2) is 0 Å². The van der Waals surface area contributed by atoms with E-state index < -0.39 is 36.2 Å². The summed E-state index contributed by atoms with van der Waals surface area (Å²) in [5, 5.41) is 21.9. The number of carboxylic acids is 1. The summed E-state index contributed by atoms with van der Waals surface area (Å²) in [7, 11) is 3.49. The van der Waals surface area contributed by atoms with E-state index in [4.69, 9.17) is 4.74 Å². The molecule has 1 heterocycles. The predicted molar refractivity (Wildman–Crippen MR) is 124 cm³/mol. The Morgan fingerprint density at radius 3 is 2.24 bits per heavy atom. The van der Waals surface area contributed by atoms with Crippen molar-refractivity contribution in [2.45, 2.75) is 30.5 Å². The van der Waals surface area contributed by atoms with Crippen LogP contribution in [0, 0.1) is 0 Å². The number of hydrogen-bond donors (Lipinski definition) is 3. The van der Waals surface area contributed by atoms with Crippen LogP contribution in [0.5, 0.6) is 0 Å². The standard InChI is InChI=1S/C25H29N3O6/c1-27(2)13-21(23(30)28-12-15(29)11-22(28)24(31)32)26-25(33)34-14-20-18-9-5-3-7-16(18)17-8-4-6-10-19(17)20/h3-10,15,20-22,29H,11-14H2,1-2H3,(H,26,33)(H,31,32)/t15-,21?,22-/m1/s1. The molecule has 0 aromatic heterocycles. The highest BCUT2D eigenvalue weighted by Gasteiger charge is 2.42. The molecule has 9 heteroatoms. The van der Waals surface area contributed by atoms with Crippen LogP contribution < -0.4 is 5.32 Å². The van der Waals surface area contributed by atoms with Crippen molar-refractivity contribution in [2.24, 2.45) is 0 Å². The van der Waals surface area contributed by atoms with Gasteiger partial charge in [0.05, 0.1) is 6.10 Å². The van der Waals surface area contributed by atoms with Crippen molar-refractivity contribution in [1.82, 2.24) is 15.1 Å². The van der Waals surface area contributed by atoms with Crippen molar-refractivity contribution < 1.29 is 29.3 Å². The average Bonchev–Trinajstić information content (AvgIpc) is 3.35. The monoisotopic (exact) mass is 467 g/mol. The Hall–Kier alpha value is -3.43. The lowest BCUT2D eigenvalue weighted by Crippen LogP contribution is -2.55. The van der Waals surface area contributed by atoms with Crippen LogP contribution in [0.3, 0.4) is 0 Å². The number of likely N-dealkylation sites (tertiary alicyclic amines) is 1. The summed E-state index contributed by atoms with van der Waals surface area (Å²) in [4.78, 5) is 40.2. The van der Waals surface area contributed by atoms with Crippen LogP contribution in [-0.4, -0.2) is 90.0 Å². The number of hydrogen-bond acceptors (Lipinski definition) is 6. The third-order valence-corrected chi connectivity index (χ3v) is 6.33. The Bertz CT molecular complexity index is 1040. The van der Waals surface area contributed by atoms with E-state index in [1.165, 1.54) is 0 Å². The summed E-state index contributed by atoms with van der Waals surface area (Å²) in [6.45, 7) is 0.164. The van der Waals surface area contributed by atoms with E-state index >= 15 is 0 Å². The number of β-amino-alcohol motifs (C(OH)–C–C–N with tert-alkyl or cyclic N) is 1. The molecule has 4 rings (SSSR count). The fourth-order valence-electron chi connectivity index (χ4n) is 4.82. The number of ether oxygens (including phenoxy) is 1. The molecule has 180 valence electrons. The van der Waals surface area contributed by atoms with Gasteiger partial charge in [0.25, 0.3) is 0 Å². The van der Waals surface area contributed by atoms with E-state index in [0.29, 0.717) is 0 Å². The highest BCUT2D eigenvalue weighted by atomic mass is 16.5. The number of nitrogens with zero attached hydrogens (tertiary/aromatic N) is 2. The topological polar surface area (TPSA) is 119 Å². The third kappa shape index (κ3) is 4.76. The maximum atomic E-state index is 13.1. The third-order valence-electron chi connectivity index (χ3n) is 6.33. The number of amides is 2. The Kier molecular flexibility index (Phi) is 6.85. The highest BCUT2D eigenvalue weighted by molar-refractivity contribution is 5.90. The molecule has 3 N–H and O–H groups in total. The van der Waals surface area contributed by atoms with E-state index in [0.717, 1.165) is 27.2 Å². The van der Waals surface area contributed by atoms with Gasteiger partial charge in [-0.1, -0.05) is 48.5 Å². The number of carbonyl (C=O) groups is 3. The van der Waals surface area contributed by atoms with E-state index in [2.05, 4.69) is 5.32 Å².